The topological polar surface area (TPSA) is 90.5 Å². The summed E-state index contributed by atoms with van der Waals surface area (Å²) in [5, 5.41) is 11.0. The molecule has 186 valence electrons. The fourth-order valence-electron chi connectivity index (χ4n) is 6.00. The highest BCUT2D eigenvalue weighted by atomic mass is 19.1. The minimum absolute atomic E-state index is 0.0586. The maximum atomic E-state index is 14.5. The lowest BCUT2D eigenvalue weighted by atomic mass is 9.87. The summed E-state index contributed by atoms with van der Waals surface area (Å²) < 4.78 is 28.3. The molecule has 2 aromatic carbocycles. The molecule has 0 bridgehead atoms. The zero-order chi connectivity index (χ0) is 25.0. The third-order valence-corrected chi connectivity index (χ3v) is 7.72. The molecule has 0 radical (unpaired) electrons. The molecule has 2 N–H and O–H groups in total. The number of aromatic nitrogens is 2. The monoisotopic (exact) mass is 491 g/mol. The molecule has 1 spiro atoms. The van der Waals surface area contributed by atoms with Gasteiger partial charge in [0.1, 0.15) is 29.1 Å². The average molecular weight is 492 g/mol. The van der Waals surface area contributed by atoms with Gasteiger partial charge in [0.25, 0.3) is 11.5 Å². The maximum absolute atomic E-state index is 14.5. The number of benzene rings is 2. The lowest BCUT2D eigenvalue weighted by Gasteiger charge is -2.40. The molecule has 3 aromatic rings. The normalized spacial score (nSPS) is 22.4. The van der Waals surface area contributed by atoms with Crippen molar-refractivity contribution in [2.75, 3.05) is 5.32 Å². The van der Waals surface area contributed by atoms with Gasteiger partial charge in [-0.3, -0.25) is 19.5 Å². The number of carbonyl (C=O) groups excluding carboxylic acids is 1. The van der Waals surface area contributed by atoms with Crippen molar-refractivity contribution in [1.29, 1.82) is 0 Å². The van der Waals surface area contributed by atoms with Gasteiger partial charge >= 0.3 is 0 Å². The number of unbranched alkanes of at least 4 members (excludes halogenated alkanes) is 1. The molecule has 1 fully saturated rings. The van der Waals surface area contributed by atoms with Crippen LogP contribution in [-0.2, 0) is 4.79 Å². The molecule has 36 heavy (non-hydrogen) atoms. The minimum atomic E-state index is -0.763. The minimum Gasteiger partial charge on any atom is -0.375 e. The van der Waals surface area contributed by atoms with Crippen LogP contribution >= 0.6 is 0 Å². The van der Waals surface area contributed by atoms with Crippen molar-refractivity contribution in [2.45, 2.75) is 69.5 Å². The quantitative estimate of drug-likeness (QED) is 0.516. The van der Waals surface area contributed by atoms with E-state index in [2.05, 4.69) is 22.4 Å². The van der Waals surface area contributed by atoms with Crippen molar-refractivity contribution < 1.29 is 13.6 Å². The number of hydrogen-bond donors (Lipinski definition) is 2. The van der Waals surface area contributed by atoms with Gasteiger partial charge in [0.2, 0.25) is 0 Å². The second kappa shape index (κ2) is 8.50. The van der Waals surface area contributed by atoms with E-state index in [0.717, 1.165) is 31.5 Å². The molecule has 1 saturated carbocycles. The van der Waals surface area contributed by atoms with E-state index in [-0.39, 0.29) is 17.1 Å². The van der Waals surface area contributed by atoms with Gasteiger partial charge in [-0.2, -0.15) is 5.10 Å². The average Bonchev–Trinajstić information content (AvgIpc) is 3.45. The van der Waals surface area contributed by atoms with Crippen LogP contribution in [0.3, 0.4) is 0 Å². The first-order valence-corrected chi connectivity index (χ1v) is 12.6. The molecular weight excluding hydrogens is 464 g/mol. The van der Waals surface area contributed by atoms with Crippen LogP contribution in [0.1, 0.15) is 75.2 Å². The smallest absolute Gasteiger partial charge is 0.272 e. The van der Waals surface area contributed by atoms with Gasteiger partial charge in [-0.15, -0.1) is 0 Å². The van der Waals surface area contributed by atoms with Gasteiger partial charge < -0.3 is 5.32 Å². The SMILES string of the molecule is CCCCC1=NC2(CCCC2)C(=O)N1[C@H]1c2n[nH]c(=O)c3cc(F)cc(c23)N[C@@H]1c1ccc(F)cc1. The molecule has 1 amide bonds. The molecule has 1 aliphatic carbocycles. The first kappa shape index (κ1) is 22.8. The number of nitrogens with zero attached hydrogens (tertiary/aromatic N) is 3. The van der Waals surface area contributed by atoms with Crippen LogP contribution in [0.4, 0.5) is 14.5 Å². The number of amidine groups is 1. The van der Waals surface area contributed by atoms with E-state index in [1.807, 2.05) is 0 Å². The number of H-pyrrole nitrogens is 1. The van der Waals surface area contributed by atoms with Crippen molar-refractivity contribution in [3.63, 3.8) is 0 Å². The van der Waals surface area contributed by atoms with E-state index < -0.39 is 29.0 Å². The number of carbonyl (C=O) groups is 1. The van der Waals surface area contributed by atoms with E-state index in [1.54, 1.807) is 17.0 Å². The first-order chi connectivity index (χ1) is 17.4. The predicted octanol–water partition coefficient (Wildman–Crippen LogP) is 5.15. The van der Waals surface area contributed by atoms with Crippen LogP contribution in [0.25, 0.3) is 10.8 Å². The number of aromatic amines is 1. The highest BCUT2D eigenvalue weighted by Gasteiger charge is 2.54. The summed E-state index contributed by atoms with van der Waals surface area (Å²) in [6, 6.07) is 7.34. The lowest BCUT2D eigenvalue weighted by Crippen LogP contribution is -2.47. The standard InChI is InChI=1S/C27H27F2N5O2/c1-2-3-6-20-31-27(11-4-5-12-27)26(36)34(20)24-22(15-7-9-16(28)10-8-15)30-19-14-17(29)13-18-21(19)23(24)32-33-25(18)35/h7-10,13-14,22,24,30H,2-6,11-12H2,1H3,(H,33,35)/t22-,24-/m1/s1. The fraction of sp³-hybridized carbons (Fsp3) is 0.407. The van der Waals surface area contributed by atoms with E-state index in [1.165, 1.54) is 24.3 Å². The largest absolute Gasteiger partial charge is 0.375 e. The number of aliphatic imine (C=N–C) groups is 1. The van der Waals surface area contributed by atoms with Crippen LogP contribution in [0.2, 0.25) is 0 Å². The Hall–Kier alpha value is -3.62. The molecule has 6 rings (SSSR count). The zero-order valence-electron chi connectivity index (χ0n) is 20.0. The van der Waals surface area contributed by atoms with E-state index in [9.17, 15) is 18.4 Å². The second-order valence-corrected chi connectivity index (χ2v) is 9.98. The Bertz CT molecular complexity index is 1440. The van der Waals surface area contributed by atoms with Crippen LogP contribution in [0.15, 0.2) is 46.2 Å². The third kappa shape index (κ3) is 3.43. The van der Waals surface area contributed by atoms with Crippen molar-refractivity contribution in [3.05, 3.63) is 69.6 Å². The molecule has 3 heterocycles. The lowest BCUT2D eigenvalue weighted by molar-refractivity contribution is -0.133. The Balaban J connectivity index is 1.58. The summed E-state index contributed by atoms with van der Waals surface area (Å²) >= 11 is 0. The molecule has 2 aliphatic heterocycles. The Kier molecular flexibility index (Phi) is 5.39. The van der Waals surface area contributed by atoms with Gasteiger partial charge in [-0.05, 0) is 49.1 Å². The van der Waals surface area contributed by atoms with Gasteiger partial charge in [-0.25, -0.2) is 13.9 Å². The van der Waals surface area contributed by atoms with E-state index in [4.69, 9.17) is 4.99 Å². The van der Waals surface area contributed by atoms with Crippen LogP contribution in [0, 0.1) is 11.6 Å². The molecule has 3 aliphatic rings. The summed E-state index contributed by atoms with van der Waals surface area (Å²) in [6.45, 7) is 2.09. The molecule has 2 atom stereocenters. The number of hydrogen-bond acceptors (Lipinski definition) is 5. The predicted molar refractivity (Wildman–Crippen MR) is 133 cm³/mol. The zero-order valence-corrected chi connectivity index (χ0v) is 20.0. The van der Waals surface area contributed by atoms with Gasteiger partial charge in [0, 0.05) is 17.5 Å². The Morgan fingerprint density at radius 1 is 1.08 bits per heavy atom. The van der Waals surface area contributed by atoms with Gasteiger partial charge in [-0.1, -0.05) is 38.3 Å². The number of rotatable bonds is 5. The van der Waals surface area contributed by atoms with Gasteiger partial charge in [0.05, 0.1) is 17.1 Å². The number of amides is 1. The molecule has 9 heteroatoms. The Morgan fingerprint density at radius 2 is 1.83 bits per heavy atom. The Morgan fingerprint density at radius 3 is 2.56 bits per heavy atom. The summed E-state index contributed by atoms with van der Waals surface area (Å²) in [7, 11) is 0. The van der Waals surface area contributed by atoms with Crippen LogP contribution < -0.4 is 10.9 Å². The first-order valence-electron chi connectivity index (χ1n) is 12.6. The van der Waals surface area contributed by atoms with Crippen molar-refractivity contribution in [2.24, 2.45) is 4.99 Å². The van der Waals surface area contributed by atoms with Crippen molar-refractivity contribution in [3.8, 4) is 0 Å². The summed E-state index contributed by atoms with van der Waals surface area (Å²) in [4.78, 5) is 33.5. The number of halogens is 2. The van der Waals surface area contributed by atoms with Crippen molar-refractivity contribution in [1.82, 2.24) is 15.1 Å². The van der Waals surface area contributed by atoms with Crippen molar-refractivity contribution >= 4 is 28.2 Å². The Labute approximate surface area is 206 Å². The number of nitrogens with one attached hydrogen (secondary N) is 2. The number of anilines is 1. The fourth-order valence-corrected chi connectivity index (χ4v) is 6.00. The molecule has 0 saturated heterocycles. The molecule has 1 aromatic heterocycles. The molecule has 0 unspecified atom stereocenters. The van der Waals surface area contributed by atoms with Crippen LogP contribution in [0.5, 0.6) is 0 Å². The summed E-state index contributed by atoms with van der Waals surface area (Å²) in [5.74, 6) is -0.281. The third-order valence-electron chi connectivity index (χ3n) is 7.72. The van der Waals surface area contributed by atoms with Gasteiger partial charge in [0.15, 0.2) is 0 Å². The summed E-state index contributed by atoms with van der Waals surface area (Å²) in [6.07, 6.45) is 5.75. The van der Waals surface area contributed by atoms with Crippen LogP contribution in [-0.4, -0.2) is 32.4 Å². The molecular formula is C27H27F2N5O2. The second-order valence-electron chi connectivity index (χ2n) is 9.98. The highest BCUT2D eigenvalue weighted by molar-refractivity contribution is 6.09. The van der Waals surface area contributed by atoms with E-state index in [0.29, 0.717) is 41.6 Å². The maximum Gasteiger partial charge on any atom is 0.272 e. The summed E-state index contributed by atoms with van der Waals surface area (Å²) in [5.41, 5.74) is 0.335. The highest BCUT2D eigenvalue weighted by Crippen LogP contribution is 2.49. The molecule has 7 nitrogen and oxygen atoms in total. The van der Waals surface area contributed by atoms with E-state index >= 15 is 0 Å².